The van der Waals surface area contributed by atoms with Crippen LogP contribution in [0.5, 0.6) is 5.75 Å². The Bertz CT molecular complexity index is 818. The Hall–Kier alpha value is -2.58. The summed E-state index contributed by atoms with van der Waals surface area (Å²) in [4.78, 5) is 1.33. The Balaban J connectivity index is 1.99. The van der Waals surface area contributed by atoms with Gasteiger partial charge in [0.2, 0.25) is 0 Å². The molecule has 1 heterocycles. The lowest BCUT2D eigenvalue weighted by molar-refractivity contribution is 0.475. The van der Waals surface area contributed by atoms with Crippen LogP contribution < -0.4 is 0 Å². The van der Waals surface area contributed by atoms with E-state index in [0.29, 0.717) is 5.75 Å². The van der Waals surface area contributed by atoms with Gasteiger partial charge in [-0.25, -0.2) is 0 Å². The number of phenols is 1. The molecule has 0 radical (unpaired) electrons. The van der Waals surface area contributed by atoms with E-state index in [-0.39, 0.29) is 0 Å². The standard InChI is InChI=1S/C22H20OS/c23-20-14-12-19(13-15-20)21-10-6-1-2-7-17-24-22(21)16-11-18-8-4-3-5-9-18/h1-10,12-15,17,23H,11,16H2. The number of hydrogen-bond acceptors (Lipinski definition) is 2. The molecule has 0 spiro atoms. The summed E-state index contributed by atoms with van der Waals surface area (Å²) in [5.41, 5.74) is 3.69. The summed E-state index contributed by atoms with van der Waals surface area (Å²) in [7, 11) is 0. The molecule has 0 unspecified atom stereocenters. The molecule has 1 N–H and O–H groups in total. The molecule has 0 aliphatic rings. The van der Waals surface area contributed by atoms with Gasteiger partial charge >= 0.3 is 0 Å². The molecule has 2 aromatic carbocycles. The average molecular weight is 332 g/mol. The number of hydrogen-bond donors (Lipinski definition) is 1. The molecule has 1 aromatic heterocycles. The van der Waals surface area contributed by atoms with E-state index in [1.165, 1.54) is 16.0 Å². The van der Waals surface area contributed by atoms with E-state index >= 15 is 0 Å². The van der Waals surface area contributed by atoms with E-state index in [1.807, 2.05) is 24.3 Å². The van der Waals surface area contributed by atoms with Crippen molar-refractivity contribution in [1.82, 2.24) is 0 Å². The third-order valence-corrected chi connectivity index (χ3v) is 4.85. The van der Waals surface area contributed by atoms with Crippen LogP contribution in [-0.2, 0) is 12.8 Å². The minimum atomic E-state index is 0.296. The lowest BCUT2D eigenvalue weighted by Crippen LogP contribution is -1.91. The third-order valence-electron chi connectivity index (χ3n) is 3.85. The van der Waals surface area contributed by atoms with Gasteiger partial charge in [0.25, 0.3) is 0 Å². The summed E-state index contributed by atoms with van der Waals surface area (Å²) >= 11 is 1.77. The molecule has 0 atom stereocenters. The molecule has 120 valence electrons. The number of benzene rings is 2. The van der Waals surface area contributed by atoms with E-state index < -0.39 is 0 Å². The summed E-state index contributed by atoms with van der Waals surface area (Å²) in [5, 5.41) is 11.7. The molecular weight excluding hydrogens is 312 g/mol. The number of phenolic OH excluding ortho intramolecular Hbond substituents is 1. The lowest BCUT2D eigenvalue weighted by atomic mass is 10.0. The Morgan fingerprint density at radius 1 is 0.667 bits per heavy atom. The first-order valence-corrected chi connectivity index (χ1v) is 8.94. The molecule has 1 nitrogen and oxygen atoms in total. The Morgan fingerprint density at radius 3 is 2.12 bits per heavy atom. The minimum absolute atomic E-state index is 0.296. The predicted molar refractivity (Wildman–Crippen MR) is 103 cm³/mol. The van der Waals surface area contributed by atoms with Crippen LogP contribution in [0.15, 0.2) is 90.3 Å². The molecule has 3 aromatic rings. The second-order valence-electron chi connectivity index (χ2n) is 5.56. The first-order valence-electron chi connectivity index (χ1n) is 8.06. The fourth-order valence-corrected chi connectivity index (χ4v) is 3.46. The van der Waals surface area contributed by atoms with Crippen molar-refractivity contribution in [3.63, 3.8) is 0 Å². The highest BCUT2D eigenvalue weighted by atomic mass is 32.1. The van der Waals surface area contributed by atoms with Gasteiger partial charge in [0.1, 0.15) is 5.75 Å². The van der Waals surface area contributed by atoms with E-state index in [9.17, 15) is 5.11 Å². The molecule has 3 rings (SSSR count). The largest absolute Gasteiger partial charge is 0.508 e. The van der Waals surface area contributed by atoms with Crippen LogP contribution in [0.2, 0.25) is 0 Å². The summed E-state index contributed by atoms with van der Waals surface area (Å²) < 4.78 is 0. The van der Waals surface area contributed by atoms with E-state index in [4.69, 9.17) is 0 Å². The van der Waals surface area contributed by atoms with Crippen molar-refractivity contribution in [2.75, 3.05) is 0 Å². The maximum Gasteiger partial charge on any atom is 0.115 e. The molecule has 0 bridgehead atoms. The third kappa shape index (κ3) is 4.46. The molecule has 0 aliphatic carbocycles. The quantitative estimate of drug-likeness (QED) is 0.618. The van der Waals surface area contributed by atoms with Gasteiger partial charge in [-0.1, -0.05) is 72.8 Å². The van der Waals surface area contributed by atoms with Crippen LogP contribution in [0.25, 0.3) is 11.1 Å². The maximum absolute atomic E-state index is 9.56. The summed E-state index contributed by atoms with van der Waals surface area (Å²) in [6.45, 7) is 0. The van der Waals surface area contributed by atoms with Gasteiger partial charge in [0.05, 0.1) is 0 Å². The molecule has 0 aliphatic heterocycles. The van der Waals surface area contributed by atoms with Crippen molar-refractivity contribution in [2.45, 2.75) is 12.8 Å². The van der Waals surface area contributed by atoms with Crippen LogP contribution in [0.3, 0.4) is 0 Å². The van der Waals surface area contributed by atoms with Gasteiger partial charge in [-0.15, -0.1) is 11.3 Å². The van der Waals surface area contributed by atoms with Gasteiger partial charge in [-0.2, -0.15) is 0 Å². The highest BCUT2D eigenvalue weighted by Gasteiger charge is 2.05. The van der Waals surface area contributed by atoms with Gasteiger partial charge in [0, 0.05) is 4.88 Å². The average Bonchev–Trinajstić information content (AvgIpc) is 2.74. The zero-order valence-corrected chi connectivity index (χ0v) is 14.2. The highest BCUT2D eigenvalue weighted by Crippen LogP contribution is 2.27. The Kier molecular flexibility index (Phi) is 5.65. The smallest absolute Gasteiger partial charge is 0.115 e. The lowest BCUT2D eigenvalue weighted by Gasteiger charge is -2.08. The molecule has 0 amide bonds. The number of aryl methyl sites for hydroxylation is 2. The highest BCUT2D eigenvalue weighted by molar-refractivity contribution is 7.09. The maximum atomic E-state index is 9.56. The Morgan fingerprint density at radius 2 is 1.33 bits per heavy atom. The fourth-order valence-electron chi connectivity index (χ4n) is 2.60. The van der Waals surface area contributed by atoms with E-state index in [2.05, 4.69) is 53.9 Å². The van der Waals surface area contributed by atoms with Gasteiger partial charge < -0.3 is 5.11 Å². The Labute approximate surface area is 147 Å². The summed E-state index contributed by atoms with van der Waals surface area (Å²) in [6, 6.07) is 28.4. The van der Waals surface area contributed by atoms with Crippen molar-refractivity contribution >= 4 is 11.3 Å². The molecule has 0 fully saturated rings. The molecule has 0 saturated carbocycles. The summed E-state index contributed by atoms with van der Waals surface area (Å²) in [5.74, 6) is 0.296. The fraction of sp³-hybridized carbons (Fsp3) is 0.0909. The van der Waals surface area contributed by atoms with Crippen LogP contribution in [0, 0.1) is 0 Å². The normalized spacial score (nSPS) is 10.2. The first kappa shape index (κ1) is 16.3. The summed E-state index contributed by atoms with van der Waals surface area (Å²) in [6.07, 6.45) is 2.00. The first-order chi connectivity index (χ1) is 11.8. The zero-order valence-electron chi connectivity index (χ0n) is 13.4. The SMILES string of the molecule is Oc1ccc(-c2ccccccsc2CCc2ccccc2)cc1. The van der Waals surface area contributed by atoms with Crippen molar-refractivity contribution in [2.24, 2.45) is 0 Å². The van der Waals surface area contributed by atoms with Gasteiger partial charge in [-0.05, 0) is 47.0 Å². The zero-order chi connectivity index (χ0) is 16.6. The van der Waals surface area contributed by atoms with E-state index in [1.54, 1.807) is 23.5 Å². The van der Waals surface area contributed by atoms with Crippen molar-refractivity contribution in [1.29, 1.82) is 0 Å². The minimum Gasteiger partial charge on any atom is -0.508 e. The second kappa shape index (κ2) is 8.32. The van der Waals surface area contributed by atoms with Crippen LogP contribution >= 0.6 is 11.3 Å². The molecule has 0 saturated heterocycles. The van der Waals surface area contributed by atoms with Crippen LogP contribution in [-0.4, -0.2) is 5.11 Å². The monoisotopic (exact) mass is 332 g/mol. The topological polar surface area (TPSA) is 20.2 Å². The molecule has 24 heavy (non-hydrogen) atoms. The van der Waals surface area contributed by atoms with Crippen LogP contribution in [0.1, 0.15) is 10.4 Å². The predicted octanol–water partition coefficient (Wildman–Crippen LogP) is 6.03. The number of rotatable bonds is 4. The van der Waals surface area contributed by atoms with Crippen molar-refractivity contribution in [3.8, 4) is 16.9 Å². The van der Waals surface area contributed by atoms with Gasteiger partial charge in [0.15, 0.2) is 0 Å². The van der Waals surface area contributed by atoms with Gasteiger partial charge in [-0.3, -0.25) is 0 Å². The van der Waals surface area contributed by atoms with Crippen LogP contribution in [0.4, 0.5) is 0 Å². The number of aromatic hydroxyl groups is 1. The molecular formula is C22H20OS. The van der Waals surface area contributed by atoms with E-state index in [0.717, 1.165) is 18.4 Å². The second-order valence-corrected chi connectivity index (χ2v) is 6.56. The molecule has 2 heteroatoms. The van der Waals surface area contributed by atoms with Crippen molar-refractivity contribution in [3.05, 3.63) is 101 Å². The van der Waals surface area contributed by atoms with Crippen molar-refractivity contribution < 1.29 is 5.11 Å².